The lowest BCUT2D eigenvalue weighted by Gasteiger charge is -2.21. The number of aliphatic hydroxyl groups excluding tert-OH is 2. The van der Waals surface area contributed by atoms with E-state index in [0.29, 0.717) is 18.4 Å². The minimum absolute atomic E-state index is 0.0390. The number of hydrogen-bond donors (Lipinski definition) is 2. The molecule has 1 fully saturated rings. The number of ether oxygens (including phenoxy) is 1. The average Bonchev–Trinajstić information content (AvgIpc) is 2.64. The molecule has 0 unspecified atom stereocenters. The van der Waals surface area contributed by atoms with Crippen LogP contribution < -0.4 is 0 Å². The normalized spacial score (nSPS) is 37.7. The summed E-state index contributed by atoms with van der Waals surface area (Å²) in [6, 6.07) is 0. The molecule has 3 atom stereocenters. The van der Waals surface area contributed by atoms with E-state index in [1.165, 1.54) is 0 Å². The Labute approximate surface area is 113 Å². The van der Waals surface area contributed by atoms with Gasteiger partial charge in [-0.2, -0.15) is 0 Å². The molecule has 0 bridgehead atoms. The molecule has 2 aliphatic rings. The van der Waals surface area contributed by atoms with Gasteiger partial charge >= 0.3 is 5.97 Å². The van der Waals surface area contributed by atoms with Gasteiger partial charge in [-0.3, -0.25) is 0 Å². The smallest absolute Gasteiger partial charge is 0.334 e. The second kappa shape index (κ2) is 5.72. The quantitative estimate of drug-likeness (QED) is 0.428. The molecule has 1 aliphatic heterocycles. The minimum Gasteiger partial charge on any atom is -0.454 e. The number of carbonyl (C=O) groups excluding carboxylic acids is 1. The molecular formula is C15H20O4. The van der Waals surface area contributed by atoms with Gasteiger partial charge in [-0.25, -0.2) is 4.79 Å². The van der Waals surface area contributed by atoms with Crippen LogP contribution in [0.25, 0.3) is 0 Å². The number of allylic oxidation sites excluding steroid dienone is 1. The van der Waals surface area contributed by atoms with Crippen LogP contribution in [0.4, 0.5) is 0 Å². The Morgan fingerprint density at radius 3 is 2.95 bits per heavy atom. The van der Waals surface area contributed by atoms with E-state index in [0.717, 1.165) is 17.6 Å². The summed E-state index contributed by atoms with van der Waals surface area (Å²) in [7, 11) is 0. The van der Waals surface area contributed by atoms with Gasteiger partial charge in [-0.1, -0.05) is 12.7 Å². The molecule has 0 aromatic heterocycles. The van der Waals surface area contributed by atoms with Crippen LogP contribution in [0.2, 0.25) is 0 Å². The first kappa shape index (κ1) is 14.0. The van der Waals surface area contributed by atoms with Crippen molar-refractivity contribution in [3.05, 3.63) is 35.5 Å². The third kappa shape index (κ3) is 2.96. The van der Waals surface area contributed by atoms with Crippen molar-refractivity contribution in [2.24, 2.45) is 5.92 Å². The second-order valence-corrected chi connectivity index (χ2v) is 5.22. The van der Waals surface area contributed by atoms with Gasteiger partial charge in [-0.05, 0) is 43.4 Å². The van der Waals surface area contributed by atoms with Crippen molar-refractivity contribution in [1.82, 2.24) is 0 Å². The summed E-state index contributed by atoms with van der Waals surface area (Å²) in [6.45, 7) is 5.60. The summed E-state index contributed by atoms with van der Waals surface area (Å²) in [4.78, 5) is 11.6. The summed E-state index contributed by atoms with van der Waals surface area (Å²) in [5.41, 5.74) is 2.16. The second-order valence-electron chi connectivity index (χ2n) is 5.22. The highest BCUT2D eigenvalue weighted by Gasteiger charge is 2.38. The zero-order valence-corrected chi connectivity index (χ0v) is 11.1. The van der Waals surface area contributed by atoms with Gasteiger partial charge in [0.25, 0.3) is 0 Å². The van der Waals surface area contributed by atoms with Crippen molar-refractivity contribution in [3.8, 4) is 0 Å². The monoisotopic (exact) mass is 264 g/mol. The maximum Gasteiger partial charge on any atom is 0.334 e. The molecule has 0 aromatic carbocycles. The Hall–Kier alpha value is -1.39. The van der Waals surface area contributed by atoms with Crippen molar-refractivity contribution in [1.29, 1.82) is 0 Å². The zero-order valence-electron chi connectivity index (χ0n) is 11.1. The molecule has 2 rings (SSSR count). The fraction of sp³-hybridized carbons (Fsp3) is 0.533. The molecule has 1 aliphatic carbocycles. The van der Waals surface area contributed by atoms with Crippen LogP contribution >= 0.6 is 0 Å². The largest absolute Gasteiger partial charge is 0.454 e. The summed E-state index contributed by atoms with van der Waals surface area (Å²) in [5, 5.41) is 19.5. The van der Waals surface area contributed by atoms with Crippen molar-refractivity contribution in [2.45, 2.75) is 38.4 Å². The average molecular weight is 264 g/mol. The van der Waals surface area contributed by atoms with E-state index in [2.05, 4.69) is 6.58 Å². The van der Waals surface area contributed by atoms with Gasteiger partial charge in [0.05, 0.1) is 12.7 Å². The van der Waals surface area contributed by atoms with Crippen LogP contribution in [0, 0.1) is 5.92 Å². The Balaban J connectivity index is 2.31. The fourth-order valence-electron chi connectivity index (χ4n) is 2.55. The predicted molar refractivity (Wildman–Crippen MR) is 71.3 cm³/mol. The van der Waals surface area contributed by atoms with Crippen LogP contribution in [0.3, 0.4) is 0 Å². The van der Waals surface area contributed by atoms with E-state index in [-0.39, 0.29) is 12.5 Å². The number of carbonyl (C=O) groups is 1. The lowest BCUT2D eigenvalue weighted by Crippen LogP contribution is -2.23. The van der Waals surface area contributed by atoms with Crippen molar-refractivity contribution in [2.75, 3.05) is 6.61 Å². The molecular weight excluding hydrogens is 244 g/mol. The van der Waals surface area contributed by atoms with Crippen LogP contribution in [-0.4, -0.2) is 35.0 Å². The number of rotatable bonds is 1. The Kier molecular flexibility index (Phi) is 4.22. The lowest BCUT2D eigenvalue weighted by atomic mass is 9.86. The third-order valence-electron chi connectivity index (χ3n) is 3.89. The highest BCUT2D eigenvalue weighted by molar-refractivity contribution is 5.91. The zero-order chi connectivity index (χ0) is 14.0. The van der Waals surface area contributed by atoms with Gasteiger partial charge < -0.3 is 14.9 Å². The fourth-order valence-corrected chi connectivity index (χ4v) is 2.55. The molecule has 2 N–H and O–H groups in total. The van der Waals surface area contributed by atoms with Gasteiger partial charge in [0.2, 0.25) is 0 Å². The molecule has 0 radical (unpaired) electrons. The van der Waals surface area contributed by atoms with E-state index in [1.54, 1.807) is 0 Å². The first-order chi connectivity index (χ1) is 9.02. The number of hydrogen-bond acceptors (Lipinski definition) is 4. The molecule has 1 saturated heterocycles. The van der Waals surface area contributed by atoms with E-state index in [4.69, 9.17) is 4.74 Å². The van der Waals surface area contributed by atoms with Crippen molar-refractivity contribution in [3.63, 3.8) is 0 Å². The maximum absolute atomic E-state index is 11.6. The highest BCUT2D eigenvalue weighted by Crippen LogP contribution is 2.34. The third-order valence-corrected chi connectivity index (χ3v) is 3.89. The molecule has 4 nitrogen and oxygen atoms in total. The van der Waals surface area contributed by atoms with Crippen LogP contribution in [-0.2, 0) is 9.53 Å². The van der Waals surface area contributed by atoms with Crippen molar-refractivity contribution < 1.29 is 19.7 Å². The predicted octanol–water partition coefficient (Wildman–Crippen LogP) is 1.49. The maximum atomic E-state index is 11.6. The Morgan fingerprint density at radius 2 is 2.26 bits per heavy atom. The number of aliphatic hydroxyl groups is 2. The first-order valence-corrected chi connectivity index (χ1v) is 6.58. The van der Waals surface area contributed by atoms with Crippen LogP contribution in [0.15, 0.2) is 35.5 Å². The molecule has 0 spiro atoms. The van der Waals surface area contributed by atoms with E-state index in [1.807, 2.05) is 19.1 Å². The number of esters is 1. The highest BCUT2D eigenvalue weighted by atomic mass is 16.6. The molecule has 0 saturated carbocycles. The molecule has 0 aromatic rings. The topological polar surface area (TPSA) is 66.8 Å². The van der Waals surface area contributed by atoms with E-state index < -0.39 is 18.2 Å². The Morgan fingerprint density at radius 1 is 1.53 bits per heavy atom. The van der Waals surface area contributed by atoms with Gasteiger partial charge in [0.1, 0.15) is 6.10 Å². The standard InChI is InChI=1S/C15H20O4/c1-9-4-3-5-11(8-16)6-14-12(7-13(9)17)10(2)15(18)19-14/h4,6,12-14,16-17H,2-3,5,7-8H2,1H3/b9-4+,11-6-/t12-,13+,14+/m0/s1. The SMILES string of the molecule is C=C1C(=O)O[C@@H]2/C=C(\CO)CC/C=C(\C)[C@H](O)C[C@@H]12. The first-order valence-electron chi connectivity index (χ1n) is 6.58. The molecule has 4 heteroatoms. The summed E-state index contributed by atoms with van der Waals surface area (Å²) in [6.07, 6.45) is 4.68. The van der Waals surface area contributed by atoms with E-state index in [9.17, 15) is 15.0 Å². The minimum atomic E-state index is -0.581. The Bertz CT molecular complexity index is 447. The number of fused-ring (bicyclic) bond motifs is 1. The molecule has 19 heavy (non-hydrogen) atoms. The van der Waals surface area contributed by atoms with Gasteiger partial charge in [0.15, 0.2) is 0 Å². The van der Waals surface area contributed by atoms with Crippen LogP contribution in [0.5, 0.6) is 0 Å². The van der Waals surface area contributed by atoms with E-state index >= 15 is 0 Å². The summed E-state index contributed by atoms with van der Waals surface area (Å²) < 4.78 is 5.27. The van der Waals surface area contributed by atoms with Gasteiger partial charge in [0, 0.05) is 11.5 Å². The molecule has 0 amide bonds. The summed E-state index contributed by atoms with van der Waals surface area (Å²) >= 11 is 0. The van der Waals surface area contributed by atoms with Gasteiger partial charge in [-0.15, -0.1) is 0 Å². The summed E-state index contributed by atoms with van der Waals surface area (Å²) in [5.74, 6) is -0.623. The molecule has 104 valence electrons. The van der Waals surface area contributed by atoms with Crippen LogP contribution in [0.1, 0.15) is 26.2 Å². The van der Waals surface area contributed by atoms with Crippen molar-refractivity contribution >= 4 is 5.97 Å². The lowest BCUT2D eigenvalue weighted by molar-refractivity contribution is -0.137. The molecule has 1 heterocycles.